The zero-order valence-electron chi connectivity index (χ0n) is 8.08. The summed E-state index contributed by atoms with van der Waals surface area (Å²) in [5, 5.41) is 4.46. The summed E-state index contributed by atoms with van der Waals surface area (Å²) in [5.41, 5.74) is 9.59. The predicted octanol–water partition coefficient (Wildman–Crippen LogP) is 3.19. The van der Waals surface area contributed by atoms with Crippen LogP contribution in [0.2, 0.25) is 0 Å². The van der Waals surface area contributed by atoms with E-state index in [2.05, 4.69) is 15.0 Å². The Morgan fingerprint density at radius 1 is 1.47 bits per heavy atom. The molecule has 0 aliphatic carbocycles. The van der Waals surface area contributed by atoms with Crippen molar-refractivity contribution in [3.05, 3.63) is 40.9 Å². The van der Waals surface area contributed by atoms with Crippen molar-refractivity contribution in [1.82, 2.24) is 4.98 Å². The van der Waals surface area contributed by atoms with E-state index in [1.807, 2.05) is 18.2 Å². The minimum atomic E-state index is 0.526. The lowest BCUT2D eigenvalue weighted by Gasteiger charge is -2.02. The summed E-state index contributed by atoms with van der Waals surface area (Å²) < 4.78 is 5.06. The molecular formula is C10H8N4O. The highest BCUT2D eigenvalue weighted by molar-refractivity contribution is 5.89. The maximum atomic E-state index is 8.39. The standard InChI is InChI=1S/C10H8N4O/c1-15-8-5-7-3-2-4-9(13-14-11)10(7)12-6-8/h2-6H,1H3. The maximum Gasteiger partial charge on any atom is 0.137 e. The van der Waals surface area contributed by atoms with Crippen LogP contribution in [0, 0.1) is 0 Å². The molecular weight excluding hydrogens is 192 g/mol. The zero-order chi connectivity index (χ0) is 10.7. The Bertz CT molecular complexity index is 546. The van der Waals surface area contributed by atoms with Gasteiger partial charge in [-0.05, 0) is 11.6 Å². The maximum absolute atomic E-state index is 8.39. The molecule has 0 N–H and O–H groups in total. The van der Waals surface area contributed by atoms with Crippen LogP contribution in [0.4, 0.5) is 5.69 Å². The second-order valence-electron chi connectivity index (χ2n) is 2.91. The summed E-state index contributed by atoms with van der Waals surface area (Å²) >= 11 is 0. The van der Waals surface area contributed by atoms with Gasteiger partial charge in [0.1, 0.15) is 5.75 Å². The third-order valence-corrected chi connectivity index (χ3v) is 2.05. The molecule has 0 radical (unpaired) electrons. The van der Waals surface area contributed by atoms with Crippen LogP contribution in [0.3, 0.4) is 0 Å². The van der Waals surface area contributed by atoms with Crippen molar-refractivity contribution in [2.24, 2.45) is 5.11 Å². The number of para-hydroxylation sites is 1. The van der Waals surface area contributed by atoms with E-state index in [9.17, 15) is 0 Å². The van der Waals surface area contributed by atoms with E-state index in [-0.39, 0.29) is 0 Å². The van der Waals surface area contributed by atoms with E-state index in [4.69, 9.17) is 10.3 Å². The molecule has 1 aromatic heterocycles. The van der Waals surface area contributed by atoms with E-state index < -0.39 is 0 Å². The molecule has 0 amide bonds. The molecule has 0 unspecified atom stereocenters. The molecule has 0 spiro atoms. The molecule has 1 heterocycles. The number of fused-ring (bicyclic) bond motifs is 1. The number of nitrogens with zero attached hydrogens (tertiary/aromatic N) is 4. The minimum Gasteiger partial charge on any atom is -0.495 e. The van der Waals surface area contributed by atoms with Crippen LogP contribution in [0.1, 0.15) is 0 Å². The van der Waals surface area contributed by atoms with Crippen molar-refractivity contribution in [3.8, 4) is 5.75 Å². The third kappa shape index (κ3) is 1.68. The first-order valence-corrected chi connectivity index (χ1v) is 4.33. The topological polar surface area (TPSA) is 70.9 Å². The highest BCUT2D eigenvalue weighted by Gasteiger charge is 2.01. The van der Waals surface area contributed by atoms with Gasteiger partial charge in [-0.15, -0.1) is 0 Å². The summed E-state index contributed by atoms with van der Waals surface area (Å²) in [6.45, 7) is 0. The number of rotatable bonds is 2. The first-order valence-electron chi connectivity index (χ1n) is 4.33. The van der Waals surface area contributed by atoms with Gasteiger partial charge in [-0.2, -0.15) is 0 Å². The van der Waals surface area contributed by atoms with Crippen molar-refractivity contribution in [1.29, 1.82) is 0 Å². The third-order valence-electron chi connectivity index (χ3n) is 2.05. The van der Waals surface area contributed by atoms with Crippen molar-refractivity contribution in [3.63, 3.8) is 0 Å². The quantitative estimate of drug-likeness (QED) is 0.424. The Balaban J connectivity index is 2.71. The molecule has 0 atom stereocenters. The van der Waals surface area contributed by atoms with Crippen LogP contribution >= 0.6 is 0 Å². The van der Waals surface area contributed by atoms with Gasteiger partial charge in [0.05, 0.1) is 24.5 Å². The van der Waals surface area contributed by atoms with Crippen molar-refractivity contribution in [2.75, 3.05) is 7.11 Å². The van der Waals surface area contributed by atoms with Crippen LogP contribution in [-0.2, 0) is 0 Å². The molecule has 74 valence electrons. The molecule has 0 saturated carbocycles. The number of azide groups is 1. The Morgan fingerprint density at radius 2 is 2.33 bits per heavy atom. The summed E-state index contributed by atoms with van der Waals surface area (Å²) in [4.78, 5) is 6.93. The average molecular weight is 200 g/mol. The zero-order valence-corrected chi connectivity index (χ0v) is 8.08. The van der Waals surface area contributed by atoms with Crippen LogP contribution in [-0.4, -0.2) is 12.1 Å². The van der Waals surface area contributed by atoms with Gasteiger partial charge in [-0.1, -0.05) is 23.3 Å². The Morgan fingerprint density at radius 3 is 3.07 bits per heavy atom. The van der Waals surface area contributed by atoms with Gasteiger partial charge in [0, 0.05) is 10.3 Å². The molecule has 5 heteroatoms. The summed E-state index contributed by atoms with van der Waals surface area (Å²) in [6.07, 6.45) is 1.60. The van der Waals surface area contributed by atoms with Crippen molar-refractivity contribution >= 4 is 16.6 Å². The highest BCUT2D eigenvalue weighted by Crippen LogP contribution is 2.26. The molecule has 0 saturated heterocycles. The van der Waals surface area contributed by atoms with Crippen LogP contribution < -0.4 is 4.74 Å². The molecule has 5 nitrogen and oxygen atoms in total. The van der Waals surface area contributed by atoms with Crippen molar-refractivity contribution in [2.45, 2.75) is 0 Å². The predicted molar refractivity (Wildman–Crippen MR) is 57.1 cm³/mol. The second kappa shape index (κ2) is 3.86. The molecule has 0 aliphatic rings. The minimum absolute atomic E-state index is 0.526. The van der Waals surface area contributed by atoms with Crippen molar-refractivity contribution < 1.29 is 4.74 Å². The van der Waals surface area contributed by atoms with E-state index in [0.717, 1.165) is 5.39 Å². The van der Waals surface area contributed by atoms with Gasteiger partial charge in [0.2, 0.25) is 0 Å². The second-order valence-corrected chi connectivity index (χ2v) is 2.91. The molecule has 0 fully saturated rings. The van der Waals surface area contributed by atoms with Crippen LogP contribution in [0.5, 0.6) is 5.75 Å². The average Bonchev–Trinajstić information content (AvgIpc) is 2.29. The fourth-order valence-electron chi connectivity index (χ4n) is 1.37. The van der Waals surface area contributed by atoms with Crippen LogP contribution in [0.15, 0.2) is 35.6 Å². The van der Waals surface area contributed by atoms with Gasteiger partial charge in [-0.3, -0.25) is 4.98 Å². The van der Waals surface area contributed by atoms with Gasteiger partial charge < -0.3 is 4.74 Å². The van der Waals surface area contributed by atoms with Gasteiger partial charge in [0.15, 0.2) is 0 Å². The molecule has 0 bridgehead atoms. The number of methoxy groups -OCH3 is 1. The SMILES string of the molecule is COc1cnc2c(N=[N+]=[N-])cccc2c1. The first kappa shape index (κ1) is 9.30. The summed E-state index contributed by atoms with van der Waals surface area (Å²) in [6, 6.07) is 7.27. The van der Waals surface area contributed by atoms with Crippen LogP contribution in [0.25, 0.3) is 21.3 Å². The normalized spacial score (nSPS) is 9.67. The number of pyridine rings is 1. The number of benzene rings is 1. The monoisotopic (exact) mass is 200 g/mol. The largest absolute Gasteiger partial charge is 0.495 e. The number of hydrogen-bond acceptors (Lipinski definition) is 3. The van der Waals surface area contributed by atoms with E-state index in [1.165, 1.54) is 0 Å². The molecule has 0 aliphatic heterocycles. The first-order chi connectivity index (χ1) is 7.35. The smallest absolute Gasteiger partial charge is 0.137 e. The number of ether oxygens (including phenoxy) is 1. The fourth-order valence-corrected chi connectivity index (χ4v) is 1.37. The van der Waals surface area contributed by atoms with Gasteiger partial charge >= 0.3 is 0 Å². The van der Waals surface area contributed by atoms with E-state index in [0.29, 0.717) is 17.0 Å². The van der Waals surface area contributed by atoms with E-state index >= 15 is 0 Å². The lowest BCUT2D eigenvalue weighted by Crippen LogP contribution is -1.85. The molecule has 2 aromatic rings. The molecule has 1 aromatic carbocycles. The fraction of sp³-hybridized carbons (Fsp3) is 0.100. The van der Waals surface area contributed by atoms with Gasteiger partial charge in [-0.25, -0.2) is 0 Å². The Hall–Kier alpha value is -2.26. The summed E-state index contributed by atoms with van der Waals surface area (Å²) in [5.74, 6) is 0.681. The summed E-state index contributed by atoms with van der Waals surface area (Å²) in [7, 11) is 1.58. The Kier molecular flexibility index (Phi) is 2.39. The van der Waals surface area contributed by atoms with Gasteiger partial charge in [0.25, 0.3) is 0 Å². The molecule has 15 heavy (non-hydrogen) atoms. The Labute approximate surface area is 85.9 Å². The highest BCUT2D eigenvalue weighted by atomic mass is 16.5. The van der Waals surface area contributed by atoms with E-state index in [1.54, 1.807) is 19.4 Å². The molecule has 2 rings (SSSR count). The lowest BCUT2D eigenvalue weighted by atomic mass is 10.2. The number of hydrogen-bond donors (Lipinski definition) is 0. The number of aromatic nitrogens is 1. The lowest BCUT2D eigenvalue weighted by molar-refractivity contribution is 0.414.